The zero-order valence-corrected chi connectivity index (χ0v) is 11.3. The number of phenolic OH excluding ortho intramolecular Hbond substituents is 1. The highest BCUT2D eigenvalue weighted by Gasteiger charge is 2.14. The molecule has 0 saturated heterocycles. The van der Waals surface area contributed by atoms with E-state index >= 15 is 0 Å². The second kappa shape index (κ2) is 5.91. The molecule has 0 heterocycles. The molecular formula is C15H10Cl2O2. The Hall–Kier alpha value is -1.77. The van der Waals surface area contributed by atoms with E-state index in [2.05, 4.69) is 0 Å². The Kier molecular flexibility index (Phi) is 4.25. The monoisotopic (exact) mass is 292 g/mol. The lowest BCUT2D eigenvalue weighted by atomic mass is 10.1. The first kappa shape index (κ1) is 13.7. The number of carbonyl (C=O) groups is 1. The lowest BCUT2D eigenvalue weighted by molar-refractivity contribution is 0.104. The molecule has 0 radical (unpaired) electrons. The molecule has 0 spiro atoms. The molecule has 0 aliphatic carbocycles. The molecule has 0 saturated carbocycles. The van der Waals surface area contributed by atoms with Gasteiger partial charge in [0.1, 0.15) is 5.75 Å². The summed E-state index contributed by atoms with van der Waals surface area (Å²) < 4.78 is 0. The minimum absolute atomic E-state index is 0.0539. The number of hydrogen-bond acceptors (Lipinski definition) is 2. The highest BCUT2D eigenvalue weighted by Crippen LogP contribution is 2.30. The number of halogens is 2. The molecule has 0 unspecified atom stereocenters. The van der Waals surface area contributed by atoms with Crippen LogP contribution >= 0.6 is 23.2 Å². The minimum atomic E-state index is -0.372. The predicted octanol–water partition coefficient (Wildman–Crippen LogP) is 4.60. The number of rotatable bonds is 3. The van der Waals surface area contributed by atoms with E-state index in [4.69, 9.17) is 23.2 Å². The number of aromatic hydroxyl groups is 1. The fourth-order valence-electron chi connectivity index (χ4n) is 1.62. The first-order chi connectivity index (χ1) is 9.08. The third-order valence-corrected chi connectivity index (χ3v) is 3.02. The Labute approximate surface area is 120 Å². The summed E-state index contributed by atoms with van der Waals surface area (Å²) >= 11 is 11.6. The number of hydrogen-bond donors (Lipinski definition) is 1. The van der Waals surface area contributed by atoms with Crippen molar-refractivity contribution in [2.45, 2.75) is 0 Å². The third kappa shape index (κ3) is 3.37. The van der Waals surface area contributed by atoms with Gasteiger partial charge >= 0.3 is 0 Å². The molecular weight excluding hydrogens is 283 g/mol. The predicted molar refractivity (Wildman–Crippen MR) is 77.9 cm³/mol. The highest BCUT2D eigenvalue weighted by atomic mass is 35.5. The van der Waals surface area contributed by atoms with Crippen LogP contribution in [-0.2, 0) is 0 Å². The van der Waals surface area contributed by atoms with Crippen molar-refractivity contribution >= 4 is 35.1 Å². The van der Waals surface area contributed by atoms with Gasteiger partial charge in [0, 0.05) is 5.02 Å². The maximum absolute atomic E-state index is 12.0. The van der Waals surface area contributed by atoms with Gasteiger partial charge < -0.3 is 5.11 Å². The average Bonchev–Trinajstić information content (AvgIpc) is 2.36. The topological polar surface area (TPSA) is 37.3 Å². The Morgan fingerprint density at radius 3 is 2.42 bits per heavy atom. The number of ketones is 1. The van der Waals surface area contributed by atoms with Gasteiger partial charge in [-0.2, -0.15) is 0 Å². The molecule has 0 atom stereocenters. The molecule has 19 heavy (non-hydrogen) atoms. The van der Waals surface area contributed by atoms with Crippen LogP contribution in [0.15, 0.2) is 48.5 Å². The van der Waals surface area contributed by atoms with Crippen molar-refractivity contribution in [2.24, 2.45) is 0 Å². The van der Waals surface area contributed by atoms with Crippen LogP contribution < -0.4 is 0 Å². The lowest BCUT2D eigenvalue weighted by Crippen LogP contribution is -1.96. The number of carbonyl (C=O) groups excluding carboxylic acids is 1. The van der Waals surface area contributed by atoms with Crippen molar-refractivity contribution in [3.8, 4) is 5.75 Å². The fraction of sp³-hybridized carbons (Fsp3) is 0. The fourth-order valence-corrected chi connectivity index (χ4v) is 2.20. The van der Waals surface area contributed by atoms with Gasteiger partial charge in [0.2, 0.25) is 0 Å². The van der Waals surface area contributed by atoms with Gasteiger partial charge in [0.05, 0.1) is 10.6 Å². The lowest BCUT2D eigenvalue weighted by Gasteiger charge is -2.04. The van der Waals surface area contributed by atoms with Crippen molar-refractivity contribution < 1.29 is 9.90 Å². The maximum atomic E-state index is 12.0. The molecule has 2 aromatic rings. The van der Waals surface area contributed by atoms with Gasteiger partial charge in [-0.3, -0.25) is 4.79 Å². The zero-order valence-electron chi connectivity index (χ0n) is 9.81. The van der Waals surface area contributed by atoms with Crippen LogP contribution in [0.4, 0.5) is 0 Å². The normalized spacial score (nSPS) is 10.8. The Bertz CT molecular complexity index is 611. The summed E-state index contributed by atoms with van der Waals surface area (Å²) in [6, 6.07) is 12.1. The standard InChI is InChI=1S/C15H10Cl2O2/c16-11-8-12(17)15(14(19)9-11)13(18)7-6-10-4-2-1-3-5-10/h1-9,19H. The van der Waals surface area contributed by atoms with Crippen LogP contribution in [0.3, 0.4) is 0 Å². The van der Waals surface area contributed by atoms with Crippen molar-refractivity contribution in [2.75, 3.05) is 0 Å². The molecule has 0 aliphatic heterocycles. The average molecular weight is 293 g/mol. The van der Waals surface area contributed by atoms with Gasteiger partial charge in [-0.1, -0.05) is 59.6 Å². The smallest absolute Gasteiger partial charge is 0.191 e. The molecule has 96 valence electrons. The van der Waals surface area contributed by atoms with Crippen molar-refractivity contribution in [1.29, 1.82) is 0 Å². The highest BCUT2D eigenvalue weighted by molar-refractivity contribution is 6.38. The first-order valence-corrected chi connectivity index (χ1v) is 6.29. The van der Waals surface area contributed by atoms with Crippen molar-refractivity contribution in [3.63, 3.8) is 0 Å². The van der Waals surface area contributed by atoms with E-state index in [1.807, 2.05) is 30.3 Å². The SMILES string of the molecule is O=C(C=Cc1ccccc1)c1c(O)cc(Cl)cc1Cl. The van der Waals surface area contributed by atoms with Crippen LogP contribution in [0.2, 0.25) is 10.0 Å². The maximum Gasteiger partial charge on any atom is 0.191 e. The van der Waals surface area contributed by atoms with Crippen LogP contribution in [-0.4, -0.2) is 10.9 Å². The quantitative estimate of drug-likeness (QED) is 0.663. The molecule has 2 nitrogen and oxygen atoms in total. The van der Waals surface area contributed by atoms with E-state index in [9.17, 15) is 9.90 Å². The Morgan fingerprint density at radius 2 is 1.79 bits per heavy atom. The first-order valence-electron chi connectivity index (χ1n) is 5.53. The van der Waals surface area contributed by atoms with Gasteiger partial charge in [-0.15, -0.1) is 0 Å². The van der Waals surface area contributed by atoms with E-state index in [0.29, 0.717) is 0 Å². The molecule has 0 aromatic heterocycles. The van der Waals surface area contributed by atoms with E-state index in [-0.39, 0.29) is 27.1 Å². The van der Waals surface area contributed by atoms with Crippen molar-refractivity contribution in [1.82, 2.24) is 0 Å². The Morgan fingerprint density at radius 1 is 1.11 bits per heavy atom. The zero-order chi connectivity index (χ0) is 13.8. The van der Waals surface area contributed by atoms with E-state index in [1.54, 1.807) is 6.08 Å². The second-order valence-electron chi connectivity index (χ2n) is 3.89. The largest absolute Gasteiger partial charge is 0.507 e. The van der Waals surface area contributed by atoms with Gasteiger partial charge in [-0.25, -0.2) is 0 Å². The van der Waals surface area contributed by atoms with E-state index in [1.165, 1.54) is 18.2 Å². The summed E-state index contributed by atoms with van der Waals surface area (Å²) in [5.41, 5.74) is 0.943. The number of phenols is 1. The van der Waals surface area contributed by atoms with Crippen LogP contribution in [0, 0.1) is 0 Å². The Balaban J connectivity index is 2.29. The van der Waals surface area contributed by atoms with Crippen LogP contribution in [0.25, 0.3) is 6.08 Å². The van der Waals surface area contributed by atoms with Gasteiger partial charge in [0.15, 0.2) is 5.78 Å². The molecule has 0 aliphatic rings. The van der Waals surface area contributed by atoms with E-state index in [0.717, 1.165) is 5.56 Å². The number of benzene rings is 2. The second-order valence-corrected chi connectivity index (χ2v) is 4.73. The molecule has 0 fully saturated rings. The molecule has 2 aromatic carbocycles. The summed E-state index contributed by atoms with van der Waals surface area (Å²) in [4.78, 5) is 12.0. The van der Waals surface area contributed by atoms with Crippen LogP contribution in [0.1, 0.15) is 15.9 Å². The van der Waals surface area contributed by atoms with Gasteiger partial charge in [-0.05, 0) is 23.8 Å². The summed E-state index contributed by atoms with van der Waals surface area (Å²) in [5, 5.41) is 10.1. The number of allylic oxidation sites excluding steroid dienone is 1. The van der Waals surface area contributed by atoms with Crippen LogP contribution in [0.5, 0.6) is 5.75 Å². The molecule has 2 rings (SSSR count). The molecule has 1 N–H and O–H groups in total. The van der Waals surface area contributed by atoms with Crippen molar-refractivity contribution in [3.05, 3.63) is 69.7 Å². The summed E-state index contributed by atoms with van der Waals surface area (Å²) in [7, 11) is 0. The molecule has 0 amide bonds. The minimum Gasteiger partial charge on any atom is -0.507 e. The molecule has 0 bridgehead atoms. The summed E-state index contributed by atoms with van der Waals surface area (Å²) in [5.74, 6) is -0.594. The van der Waals surface area contributed by atoms with E-state index < -0.39 is 0 Å². The summed E-state index contributed by atoms with van der Waals surface area (Å²) in [6.45, 7) is 0. The third-order valence-electron chi connectivity index (χ3n) is 2.51. The molecule has 4 heteroatoms. The van der Waals surface area contributed by atoms with Gasteiger partial charge in [0.25, 0.3) is 0 Å². The summed E-state index contributed by atoms with van der Waals surface area (Å²) in [6.07, 6.45) is 3.02.